The third-order valence-electron chi connectivity index (χ3n) is 3.53. The summed E-state index contributed by atoms with van der Waals surface area (Å²) < 4.78 is 1.31. The maximum Gasteiger partial charge on any atom is 0.329 e. The third kappa shape index (κ3) is 2.74. The van der Waals surface area contributed by atoms with E-state index in [1.54, 1.807) is 7.05 Å². The highest BCUT2D eigenvalue weighted by molar-refractivity contribution is 5.72. The maximum absolute atomic E-state index is 11.7. The molecule has 8 heteroatoms. The molecular formula is C12H21N6O2+. The molecule has 0 amide bonds. The predicted molar refractivity (Wildman–Crippen MR) is 77.4 cm³/mol. The van der Waals surface area contributed by atoms with E-state index >= 15 is 0 Å². The zero-order valence-corrected chi connectivity index (χ0v) is 12.0. The first kappa shape index (κ1) is 14.3. The van der Waals surface area contributed by atoms with Crippen molar-refractivity contribution in [3.8, 4) is 0 Å². The molecule has 0 radical (unpaired) electrons. The quantitative estimate of drug-likeness (QED) is 0.506. The van der Waals surface area contributed by atoms with Gasteiger partial charge in [-0.25, -0.2) is 4.79 Å². The molecule has 0 spiro atoms. The van der Waals surface area contributed by atoms with Gasteiger partial charge in [0.15, 0.2) is 11.2 Å². The van der Waals surface area contributed by atoms with Crippen LogP contribution in [0.1, 0.15) is 13.8 Å². The van der Waals surface area contributed by atoms with E-state index in [4.69, 9.17) is 0 Å². The van der Waals surface area contributed by atoms with Crippen molar-refractivity contribution in [3.63, 3.8) is 0 Å². The molecule has 0 saturated carbocycles. The number of quaternary nitrogens is 1. The van der Waals surface area contributed by atoms with Crippen LogP contribution in [-0.4, -0.2) is 45.7 Å². The summed E-state index contributed by atoms with van der Waals surface area (Å²) in [6, 6.07) is 0. The number of hydrogen-bond acceptors (Lipinski definition) is 4. The summed E-state index contributed by atoms with van der Waals surface area (Å²) in [5.41, 5.74) is -0.243. The molecule has 0 aliphatic heterocycles. The minimum absolute atomic E-state index is 0.310. The minimum Gasteiger partial charge on any atom is -0.350 e. The van der Waals surface area contributed by atoms with Gasteiger partial charge in [0.05, 0.1) is 26.2 Å². The van der Waals surface area contributed by atoms with Crippen molar-refractivity contribution in [2.24, 2.45) is 7.05 Å². The van der Waals surface area contributed by atoms with Crippen LogP contribution in [0.3, 0.4) is 0 Å². The zero-order valence-electron chi connectivity index (χ0n) is 12.0. The second kappa shape index (κ2) is 5.91. The number of nitrogens with one attached hydrogen (secondary N) is 4. The summed E-state index contributed by atoms with van der Waals surface area (Å²) in [6.07, 6.45) is 0. The van der Waals surface area contributed by atoms with Crippen molar-refractivity contribution in [1.82, 2.24) is 19.5 Å². The Hall–Kier alpha value is -2.09. The summed E-state index contributed by atoms with van der Waals surface area (Å²) in [7, 11) is 1.57. The molecule has 0 saturated heterocycles. The number of fused-ring (bicyclic) bond motifs is 1. The van der Waals surface area contributed by atoms with E-state index in [9.17, 15) is 9.59 Å². The van der Waals surface area contributed by atoms with Crippen LogP contribution in [0.5, 0.6) is 0 Å². The lowest BCUT2D eigenvalue weighted by molar-refractivity contribution is -0.894. The largest absolute Gasteiger partial charge is 0.350 e. The number of aromatic amines is 2. The van der Waals surface area contributed by atoms with E-state index in [2.05, 4.69) is 34.1 Å². The molecular weight excluding hydrogens is 260 g/mol. The molecule has 2 aromatic rings. The summed E-state index contributed by atoms with van der Waals surface area (Å²) in [5, 5.41) is 3.15. The maximum atomic E-state index is 11.7. The Bertz CT molecular complexity index is 694. The van der Waals surface area contributed by atoms with Crippen LogP contribution in [0.4, 0.5) is 5.95 Å². The van der Waals surface area contributed by atoms with Gasteiger partial charge in [-0.3, -0.25) is 14.3 Å². The van der Waals surface area contributed by atoms with Gasteiger partial charge in [0.25, 0.3) is 5.56 Å². The number of anilines is 1. The van der Waals surface area contributed by atoms with Crippen LogP contribution in [0.15, 0.2) is 9.59 Å². The second-order valence-corrected chi connectivity index (χ2v) is 4.74. The van der Waals surface area contributed by atoms with Crippen molar-refractivity contribution in [2.45, 2.75) is 13.8 Å². The molecule has 0 unspecified atom stereocenters. The number of hydrogen-bond donors (Lipinski definition) is 4. The summed E-state index contributed by atoms with van der Waals surface area (Å²) in [4.78, 5) is 34.0. The van der Waals surface area contributed by atoms with Gasteiger partial charge in [-0.2, -0.15) is 4.98 Å². The first-order valence-corrected chi connectivity index (χ1v) is 6.83. The smallest absolute Gasteiger partial charge is 0.329 e. The van der Waals surface area contributed by atoms with Gasteiger partial charge >= 0.3 is 5.69 Å². The van der Waals surface area contributed by atoms with E-state index in [1.165, 1.54) is 9.47 Å². The number of H-pyrrole nitrogens is 2. The van der Waals surface area contributed by atoms with Gasteiger partial charge in [0.2, 0.25) is 5.95 Å². The number of aryl methyl sites for hydroxylation is 1. The van der Waals surface area contributed by atoms with Crippen molar-refractivity contribution in [3.05, 3.63) is 20.8 Å². The van der Waals surface area contributed by atoms with E-state index in [1.807, 2.05) is 0 Å². The molecule has 0 bridgehead atoms. The highest BCUT2D eigenvalue weighted by atomic mass is 16.2. The van der Waals surface area contributed by atoms with Crippen LogP contribution in [0.2, 0.25) is 0 Å². The molecule has 0 fully saturated rings. The molecule has 0 aliphatic rings. The van der Waals surface area contributed by atoms with E-state index in [0.717, 1.165) is 26.2 Å². The fourth-order valence-electron chi connectivity index (χ4n) is 2.15. The lowest BCUT2D eigenvalue weighted by atomic mass is 10.5. The van der Waals surface area contributed by atoms with Crippen molar-refractivity contribution >= 4 is 17.1 Å². The standard InChI is InChI=1S/C12H20N6O2/c1-4-18(5-2)7-6-13-11-14-8-9(15-11)17(3)12(20)16-10(8)19/h4-7H2,1-3H3,(H2,13,14,15)(H,16,19,20)/p+1. The Kier molecular flexibility index (Phi) is 4.23. The van der Waals surface area contributed by atoms with Crippen LogP contribution in [0, 0.1) is 0 Å². The van der Waals surface area contributed by atoms with Crippen molar-refractivity contribution in [1.29, 1.82) is 0 Å². The number of imidazole rings is 1. The molecule has 0 aromatic carbocycles. The Balaban J connectivity index is 2.17. The summed E-state index contributed by atoms with van der Waals surface area (Å²) in [5.74, 6) is 0.512. The normalized spacial score (nSPS) is 11.4. The van der Waals surface area contributed by atoms with Crippen LogP contribution in [0.25, 0.3) is 11.2 Å². The van der Waals surface area contributed by atoms with E-state index < -0.39 is 11.2 Å². The molecule has 110 valence electrons. The first-order valence-electron chi connectivity index (χ1n) is 6.83. The van der Waals surface area contributed by atoms with Crippen LogP contribution in [-0.2, 0) is 7.05 Å². The monoisotopic (exact) mass is 281 g/mol. The number of nitrogens with zero attached hydrogens (tertiary/aromatic N) is 2. The van der Waals surface area contributed by atoms with Gasteiger partial charge < -0.3 is 15.2 Å². The van der Waals surface area contributed by atoms with Gasteiger partial charge in [-0.05, 0) is 13.8 Å². The first-order chi connectivity index (χ1) is 9.56. The van der Waals surface area contributed by atoms with Crippen molar-refractivity contribution in [2.75, 3.05) is 31.5 Å². The molecule has 4 N–H and O–H groups in total. The third-order valence-corrected chi connectivity index (χ3v) is 3.53. The number of likely N-dealkylation sites (N-methyl/N-ethyl adjacent to an activating group) is 1. The number of aromatic nitrogens is 4. The summed E-state index contributed by atoms with van der Waals surface area (Å²) >= 11 is 0. The Morgan fingerprint density at radius 1 is 1.25 bits per heavy atom. The average Bonchev–Trinajstić information content (AvgIpc) is 2.86. The van der Waals surface area contributed by atoms with Crippen LogP contribution >= 0.6 is 0 Å². The fraction of sp³-hybridized carbons (Fsp3) is 0.583. The molecule has 2 aromatic heterocycles. The zero-order chi connectivity index (χ0) is 14.7. The van der Waals surface area contributed by atoms with Gasteiger partial charge in [0, 0.05) is 7.05 Å². The van der Waals surface area contributed by atoms with Crippen molar-refractivity contribution < 1.29 is 4.90 Å². The average molecular weight is 281 g/mol. The highest BCUT2D eigenvalue weighted by Gasteiger charge is 2.10. The Morgan fingerprint density at radius 3 is 2.60 bits per heavy atom. The molecule has 2 heterocycles. The second-order valence-electron chi connectivity index (χ2n) is 4.74. The summed E-state index contributed by atoms with van der Waals surface area (Å²) in [6.45, 7) is 8.17. The lowest BCUT2D eigenvalue weighted by Gasteiger charge is -2.14. The Morgan fingerprint density at radius 2 is 1.95 bits per heavy atom. The van der Waals surface area contributed by atoms with E-state index in [-0.39, 0.29) is 0 Å². The molecule has 0 aliphatic carbocycles. The van der Waals surface area contributed by atoms with Gasteiger partial charge in [0.1, 0.15) is 0 Å². The van der Waals surface area contributed by atoms with Gasteiger partial charge in [-0.15, -0.1) is 0 Å². The molecule has 8 nitrogen and oxygen atoms in total. The van der Waals surface area contributed by atoms with E-state index in [0.29, 0.717) is 17.1 Å². The fourth-order valence-corrected chi connectivity index (χ4v) is 2.15. The van der Waals surface area contributed by atoms with Crippen LogP contribution < -0.4 is 21.5 Å². The highest BCUT2D eigenvalue weighted by Crippen LogP contribution is 2.06. The SMILES string of the molecule is CC[NH+](CC)CCNc1nc2c([nH]1)c(=O)[nH]c(=O)n2C. The molecule has 0 atom stereocenters. The van der Waals surface area contributed by atoms with Gasteiger partial charge in [-0.1, -0.05) is 0 Å². The number of rotatable bonds is 6. The molecule has 2 rings (SSSR count). The Labute approximate surface area is 115 Å². The minimum atomic E-state index is -0.465. The predicted octanol–water partition coefficient (Wildman–Crippen LogP) is -1.71. The molecule has 20 heavy (non-hydrogen) atoms. The topological polar surface area (TPSA) is 100 Å². The lowest BCUT2D eigenvalue weighted by Crippen LogP contribution is -3.12.